The lowest BCUT2D eigenvalue weighted by Gasteiger charge is -2.35. The number of carbonyl (C=O) groups excluding carboxylic acids is 1. The number of piperidine rings is 2. The van der Waals surface area contributed by atoms with E-state index < -0.39 is 0 Å². The molecule has 9 nitrogen and oxygen atoms in total. The van der Waals surface area contributed by atoms with Crippen LogP contribution in [0.5, 0.6) is 0 Å². The normalized spacial score (nSPS) is 16.4. The topological polar surface area (TPSA) is 96.4 Å². The van der Waals surface area contributed by atoms with Crippen molar-refractivity contribution >= 4 is 39.5 Å². The SMILES string of the molecule is CC(NC(=O)OC1CCN(c2nccc(-c3ccc4ccccc4c3)n2)CC1)C1CCN(c2nccc(-c3ccc4ccccc4c3)n2)CC1. The molecule has 1 N–H and O–H groups in total. The van der Waals surface area contributed by atoms with Crippen molar-refractivity contribution in [3.63, 3.8) is 0 Å². The van der Waals surface area contributed by atoms with Gasteiger partial charge in [-0.3, -0.25) is 0 Å². The van der Waals surface area contributed by atoms with Crippen LogP contribution in [-0.4, -0.2) is 64.4 Å². The number of hydrogen-bond donors (Lipinski definition) is 1. The van der Waals surface area contributed by atoms with E-state index >= 15 is 0 Å². The number of aromatic nitrogens is 4. The Balaban J connectivity index is 0.806. The second-order valence-electron chi connectivity index (χ2n) is 13.5. The number of nitrogens with one attached hydrogen (secondary N) is 1. The molecule has 0 radical (unpaired) electrons. The molecular weight excluding hydrogens is 622 g/mol. The molecule has 2 aliphatic heterocycles. The number of anilines is 2. The second kappa shape index (κ2) is 14.1. The van der Waals surface area contributed by atoms with Crippen LogP contribution in [0.4, 0.5) is 16.7 Å². The van der Waals surface area contributed by atoms with Crippen molar-refractivity contribution in [3.8, 4) is 22.5 Å². The van der Waals surface area contributed by atoms with Crippen molar-refractivity contribution in [2.45, 2.75) is 44.8 Å². The standard InChI is InChI=1S/C41H41N7O2/c1-28(29-16-22-47(23-17-29)39-42-20-14-37(45-39)34-12-10-30-6-2-4-8-32(30)26-34)44-41(49)50-36-18-24-48(25-19-36)40-43-21-15-38(46-40)35-13-11-31-7-3-5-9-33(31)27-35/h2-15,20-21,26-29,36H,16-19,22-25H2,1H3,(H,44,49). The molecule has 2 fully saturated rings. The van der Waals surface area contributed by atoms with E-state index in [1.165, 1.54) is 21.5 Å². The molecule has 0 aliphatic carbocycles. The highest BCUT2D eigenvalue weighted by molar-refractivity contribution is 5.87. The lowest BCUT2D eigenvalue weighted by atomic mass is 9.90. The summed E-state index contributed by atoms with van der Waals surface area (Å²) >= 11 is 0. The Morgan fingerprint density at radius 2 is 1.14 bits per heavy atom. The third-order valence-electron chi connectivity index (χ3n) is 10.2. The molecule has 2 aromatic heterocycles. The number of ether oxygens (including phenoxy) is 1. The number of alkyl carbamates (subject to hydrolysis) is 1. The third kappa shape index (κ3) is 6.94. The third-order valence-corrected chi connectivity index (χ3v) is 10.2. The molecule has 0 spiro atoms. The second-order valence-corrected chi connectivity index (χ2v) is 13.5. The van der Waals surface area contributed by atoms with E-state index in [-0.39, 0.29) is 18.2 Å². The first-order valence-electron chi connectivity index (χ1n) is 17.7. The fourth-order valence-corrected chi connectivity index (χ4v) is 7.28. The van der Waals surface area contributed by atoms with Crippen LogP contribution in [0.25, 0.3) is 44.1 Å². The largest absolute Gasteiger partial charge is 0.446 e. The first kappa shape index (κ1) is 31.7. The predicted octanol–water partition coefficient (Wildman–Crippen LogP) is 7.91. The van der Waals surface area contributed by atoms with Crippen LogP contribution in [0, 0.1) is 5.92 Å². The first-order chi connectivity index (χ1) is 24.6. The van der Waals surface area contributed by atoms with Crippen LogP contribution in [0.3, 0.4) is 0 Å². The smallest absolute Gasteiger partial charge is 0.407 e. The van der Waals surface area contributed by atoms with Gasteiger partial charge in [-0.2, -0.15) is 0 Å². The van der Waals surface area contributed by atoms with Gasteiger partial charge in [0.25, 0.3) is 0 Å². The number of benzene rings is 4. The number of amides is 1. The molecule has 1 unspecified atom stereocenters. The van der Waals surface area contributed by atoms with E-state index in [1.807, 2.05) is 24.5 Å². The summed E-state index contributed by atoms with van der Waals surface area (Å²) in [5.41, 5.74) is 3.99. The molecule has 0 saturated carbocycles. The highest BCUT2D eigenvalue weighted by Crippen LogP contribution is 2.28. The van der Waals surface area contributed by atoms with Crippen LogP contribution < -0.4 is 15.1 Å². The monoisotopic (exact) mass is 663 g/mol. The van der Waals surface area contributed by atoms with E-state index in [0.717, 1.165) is 80.3 Å². The summed E-state index contributed by atoms with van der Waals surface area (Å²) in [4.78, 5) is 36.4. The molecule has 1 amide bonds. The fraction of sp³-hybridized carbons (Fsp3) is 0.293. The van der Waals surface area contributed by atoms with Gasteiger partial charge < -0.3 is 19.9 Å². The molecule has 8 rings (SSSR count). The van der Waals surface area contributed by atoms with E-state index in [1.54, 1.807) is 0 Å². The minimum absolute atomic E-state index is 0.0147. The van der Waals surface area contributed by atoms with E-state index in [4.69, 9.17) is 14.7 Å². The van der Waals surface area contributed by atoms with Gasteiger partial charge in [0.15, 0.2) is 0 Å². The Labute approximate surface area is 292 Å². The number of fused-ring (bicyclic) bond motifs is 2. The molecule has 9 heteroatoms. The maximum atomic E-state index is 12.9. The maximum Gasteiger partial charge on any atom is 0.407 e. The fourth-order valence-electron chi connectivity index (χ4n) is 7.28. The number of hydrogen-bond acceptors (Lipinski definition) is 8. The Hall–Kier alpha value is -5.57. The predicted molar refractivity (Wildman–Crippen MR) is 199 cm³/mol. The summed E-state index contributed by atoms with van der Waals surface area (Å²) in [6, 6.07) is 33.5. The zero-order valence-corrected chi connectivity index (χ0v) is 28.3. The Morgan fingerprint density at radius 3 is 1.66 bits per heavy atom. The average molecular weight is 664 g/mol. The van der Waals surface area contributed by atoms with Crippen molar-refractivity contribution < 1.29 is 9.53 Å². The van der Waals surface area contributed by atoms with Gasteiger partial charge in [0.05, 0.1) is 11.4 Å². The van der Waals surface area contributed by atoms with Gasteiger partial charge in [0.1, 0.15) is 6.10 Å². The summed E-state index contributed by atoms with van der Waals surface area (Å²) in [6.45, 7) is 5.24. The van der Waals surface area contributed by atoms with Crippen molar-refractivity contribution in [2.24, 2.45) is 5.92 Å². The minimum Gasteiger partial charge on any atom is -0.446 e. The van der Waals surface area contributed by atoms with Crippen LogP contribution in [0.15, 0.2) is 109 Å². The molecule has 4 heterocycles. The maximum absolute atomic E-state index is 12.9. The summed E-state index contributed by atoms with van der Waals surface area (Å²) in [7, 11) is 0. The zero-order chi connectivity index (χ0) is 33.9. The molecule has 50 heavy (non-hydrogen) atoms. The van der Waals surface area contributed by atoms with Crippen molar-refractivity contribution in [2.75, 3.05) is 36.0 Å². The molecule has 0 bridgehead atoms. The summed E-state index contributed by atoms with van der Waals surface area (Å²) in [6.07, 6.45) is 6.58. The molecule has 2 aliphatic rings. The van der Waals surface area contributed by atoms with E-state index in [2.05, 4.69) is 117 Å². The van der Waals surface area contributed by atoms with Gasteiger partial charge in [-0.05, 0) is 71.5 Å². The lowest BCUT2D eigenvalue weighted by molar-refractivity contribution is 0.0781. The molecule has 252 valence electrons. The molecule has 6 aromatic rings. The van der Waals surface area contributed by atoms with Gasteiger partial charge in [-0.1, -0.05) is 72.8 Å². The Bertz CT molecular complexity index is 2120. The summed E-state index contributed by atoms with van der Waals surface area (Å²) in [5, 5.41) is 7.94. The number of nitrogens with zero attached hydrogens (tertiary/aromatic N) is 6. The van der Waals surface area contributed by atoms with Crippen molar-refractivity contribution in [1.29, 1.82) is 0 Å². The van der Waals surface area contributed by atoms with Gasteiger partial charge in [0, 0.05) is 68.6 Å². The lowest BCUT2D eigenvalue weighted by Crippen LogP contribution is -2.46. The zero-order valence-electron chi connectivity index (χ0n) is 28.3. The Kier molecular flexibility index (Phi) is 8.94. The highest BCUT2D eigenvalue weighted by atomic mass is 16.6. The summed E-state index contributed by atoms with van der Waals surface area (Å²) < 4.78 is 5.90. The molecule has 1 atom stereocenters. The van der Waals surface area contributed by atoms with E-state index in [9.17, 15) is 4.79 Å². The minimum atomic E-state index is -0.334. The highest BCUT2D eigenvalue weighted by Gasteiger charge is 2.29. The molecule has 2 saturated heterocycles. The van der Waals surface area contributed by atoms with Gasteiger partial charge >= 0.3 is 6.09 Å². The molecule has 4 aromatic carbocycles. The Morgan fingerprint density at radius 1 is 0.660 bits per heavy atom. The number of carbonyl (C=O) groups is 1. The quantitative estimate of drug-likeness (QED) is 0.184. The van der Waals surface area contributed by atoms with Crippen LogP contribution in [0.1, 0.15) is 32.6 Å². The average Bonchev–Trinajstić information content (AvgIpc) is 3.18. The first-order valence-corrected chi connectivity index (χ1v) is 17.7. The van der Waals surface area contributed by atoms with Crippen molar-refractivity contribution in [3.05, 3.63) is 109 Å². The van der Waals surface area contributed by atoms with Gasteiger partial charge in [0.2, 0.25) is 11.9 Å². The van der Waals surface area contributed by atoms with E-state index in [0.29, 0.717) is 11.9 Å². The van der Waals surface area contributed by atoms with Crippen molar-refractivity contribution in [1.82, 2.24) is 25.3 Å². The van der Waals surface area contributed by atoms with Gasteiger partial charge in [-0.15, -0.1) is 0 Å². The molecular formula is C41H41N7O2. The summed E-state index contributed by atoms with van der Waals surface area (Å²) in [5.74, 6) is 1.83. The number of rotatable bonds is 7. The van der Waals surface area contributed by atoms with Crippen LogP contribution in [-0.2, 0) is 4.74 Å². The van der Waals surface area contributed by atoms with Gasteiger partial charge in [-0.25, -0.2) is 24.7 Å². The van der Waals surface area contributed by atoms with Crippen LogP contribution in [0.2, 0.25) is 0 Å². The van der Waals surface area contributed by atoms with Crippen LogP contribution >= 0.6 is 0 Å².